The van der Waals surface area contributed by atoms with Crippen molar-refractivity contribution in [3.05, 3.63) is 0 Å². The van der Waals surface area contributed by atoms with E-state index in [-0.39, 0.29) is 37.1 Å². The molecule has 1 aliphatic heterocycles. The number of carbonyl (C=O) groups is 3. The summed E-state index contributed by atoms with van der Waals surface area (Å²) < 4.78 is 10.1. The van der Waals surface area contributed by atoms with Gasteiger partial charge in [0, 0.05) is 32.2 Å². The van der Waals surface area contributed by atoms with Gasteiger partial charge in [0.1, 0.15) is 6.54 Å². The van der Waals surface area contributed by atoms with Crippen LogP contribution in [0.3, 0.4) is 0 Å². The highest BCUT2D eigenvalue weighted by Gasteiger charge is 2.30. The number of ether oxygens (including phenoxy) is 2. The fraction of sp³-hybridized carbons (Fsp3) is 0.842. The molecule has 8 heteroatoms. The third-order valence-electron chi connectivity index (χ3n) is 5.20. The topological polar surface area (TPSA) is 79.4 Å². The number of amides is 2. The number of nitrogens with zero attached hydrogens (tertiary/aromatic N) is 3. The normalized spacial score (nSPS) is 18.8. The number of rotatable bonds is 7. The van der Waals surface area contributed by atoms with E-state index in [4.69, 9.17) is 9.47 Å². The second-order valence-electron chi connectivity index (χ2n) is 7.08. The fourth-order valence-corrected chi connectivity index (χ4v) is 3.74. The van der Waals surface area contributed by atoms with Crippen LogP contribution < -0.4 is 0 Å². The summed E-state index contributed by atoms with van der Waals surface area (Å²) >= 11 is 0. The molecule has 154 valence electrons. The van der Waals surface area contributed by atoms with E-state index in [0.717, 1.165) is 25.7 Å². The Morgan fingerprint density at radius 3 is 2.15 bits per heavy atom. The molecular weight excluding hydrogens is 350 g/mol. The second kappa shape index (κ2) is 11.1. The Bertz CT molecular complexity index is 500. The van der Waals surface area contributed by atoms with Gasteiger partial charge in [0.2, 0.25) is 5.91 Å². The molecule has 0 aromatic heterocycles. The highest BCUT2D eigenvalue weighted by molar-refractivity contribution is 5.83. The maximum Gasteiger partial charge on any atom is 0.409 e. The molecule has 2 aliphatic rings. The molecule has 0 bridgehead atoms. The zero-order chi connectivity index (χ0) is 19.6. The van der Waals surface area contributed by atoms with E-state index >= 15 is 0 Å². The zero-order valence-corrected chi connectivity index (χ0v) is 16.7. The first-order chi connectivity index (χ1) is 13.0. The van der Waals surface area contributed by atoms with Gasteiger partial charge in [-0.2, -0.15) is 0 Å². The molecule has 0 radical (unpaired) electrons. The van der Waals surface area contributed by atoms with Crippen molar-refractivity contribution in [3.8, 4) is 0 Å². The average molecular weight is 383 g/mol. The Hall–Kier alpha value is -1.83. The maximum atomic E-state index is 12.9. The van der Waals surface area contributed by atoms with Crippen LogP contribution in [-0.2, 0) is 19.1 Å². The molecule has 2 amide bonds. The molecule has 0 aromatic rings. The van der Waals surface area contributed by atoms with Crippen molar-refractivity contribution in [1.82, 2.24) is 14.7 Å². The van der Waals surface area contributed by atoms with Gasteiger partial charge in [-0.1, -0.05) is 19.3 Å². The van der Waals surface area contributed by atoms with Crippen LogP contribution in [0.4, 0.5) is 4.79 Å². The van der Waals surface area contributed by atoms with Crippen LogP contribution in [0.5, 0.6) is 0 Å². The minimum atomic E-state index is -0.344. The molecule has 0 spiro atoms. The number of piperazine rings is 1. The highest BCUT2D eigenvalue weighted by atomic mass is 16.6. The SMILES string of the molecule is CCOC(=O)CN(C(=O)CN1CCN(C(=O)OCC)CC1)C1CCCCC1. The number of hydrogen-bond donors (Lipinski definition) is 0. The van der Waals surface area contributed by atoms with E-state index in [1.54, 1.807) is 23.6 Å². The van der Waals surface area contributed by atoms with E-state index in [1.165, 1.54) is 6.42 Å². The number of carbonyl (C=O) groups excluding carboxylic acids is 3. The van der Waals surface area contributed by atoms with E-state index < -0.39 is 0 Å². The zero-order valence-electron chi connectivity index (χ0n) is 16.7. The van der Waals surface area contributed by atoms with Crippen LogP contribution in [0.1, 0.15) is 46.0 Å². The molecule has 27 heavy (non-hydrogen) atoms. The van der Waals surface area contributed by atoms with Crippen LogP contribution >= 0.6 is 0 Å². The molecule has 0 unspecified atom stereocenters. The molecule has 0 atom stereocenters. The summed E-state index contributed by atoms with van der Waals surface area (Å²) in [5.41, 5.74) is 0. The minimum absolute atomic E-state index is 0.0279. The Morgan fingerprint density at radius 1 is 0.926 bits per heavy atom. The van der Waals surface area contributed by atoms with Crippen LogP contribution in [0, 0.1) is 0 Å². The molecule has 1 saturated heterocycles. The molecule has 0 aromatic carbocycles. The Labute approximate surface area is 161 Å². The summed E-state index contributed by atoms with van der Waals surface area (Å²) in [6.07, 6.45) is 4.97. The van der Waals surface area contributed by atoms with Crippen LogP contribution in [0.2, 0.25) is 0 Å². The van der Waals surface area contributed by atoms with Gasteiger partial charge in [0.15, 0.2) is 0 Å². The highest BCUT2D eigenvalue weighted by Crippen LogP contribution is 2.23. The molecule has 8 nitrogen and oxygen atoms in total. The first-order valence-electron chi connectivity index (χ1n) is 10.1. The van der Waals surface area contributed by atoms with Crippen molar-refractivity contribution >= 4 is 18.0 Å². The summed E-state index contributed by atoms with van der Waals surface area (Å²) in [7, 11) is 0. The summed E-state index contributed by atoms with van der Waals surface area (Å²) in [5, 5.41) is 0. The van der Waals surface area contributed by atoms with Crippen molar-refractivity contribution in [2.75, 3.05) is 52.5 Å². The van der Waals surface area contributed by atoms with E-state index in [9.17, 15) is 14.4 Å². The third-order valence-corrected chi connectivity index (χ3v) is 5.20. The molecule has 0 N–H and O–H groups in total. The second-order valence-corrected chi connectivity index (χ2v) is 7.08. The van der Waals surface area contributed by atoms with Gasteiger partial charge in [0.25, 0.3) is 0 Å². The molecule has 2 rings (SSSR count). The molecule has 1 saturated carbocycles. The third kappa shape index (κ3) is 6.68. The first kappa shape index (κ1) is 21.5. The Kier molecular flexibility index (Phi) is 8.84. The van der Waals surface area contributed by atoms with Crippen LogP contribution in [0.15, 0.2) is 0 Å². The van der Waals surface area contributed by atoms with E-state index in [0.29, 0.717) is 39.4 Å². The maximum absolute atomic E-state index is 12.9. The molecule has 1 aliphatic carbocycles. The van der Waals surface area contributed by atoms with Crippen molar-refractivity contribution in [2.24, 2.45) is 0 Å². The van der Waals surface area contributed by atoms with Gasteiger partial charge in [-0.3, -0.25) is 14.5 Å². The lowest BCUT2D eigenvalue weighted by Crippen LogP contribution is -2.53. The van der Waals surface area contributed by atoms with Gasteiger partial charge in [-0.25, -0.2) is 4.79 Å². The Balaban J connectivity index is 1.89. The minimum Gasteiger partial charge on any atom is -0.465 e. The van der Waals surface area contributed by atoms with Gasteiger partial charge < -0.3 is 19.3 Å². The summed E-state index contributed by atoms with van der Waals surface area (Å²) in [6, 6.07) is 0.122. The summed E-state index contributed by atoms with van der Waals surface area (Å²) in [6.45, 7) is 6.89. The lowest BCUT2D eigenvalue weighted by Gasteiger charge is -2.37. The van der Waals surface area contributed by atoms with E-state index in [2.05, 4.69) is 0 Å². The van der Waals surface area contributed by atoms with Crippen LogP contribution in [-0.4, -0.2) is 91.2 Å². The average Bonchev–Trinajstić information content (AvgIpc) is 2.67. The molecular formula is C19H33N3O5. The Morgan fingerprint density at radius 2 is 1.56 bits per heavy atom. The lowest BCUT2D eigenvalue weighted by atomic mass is 9.94. The largest absolute Gasteiger partial charge is 0.465 e. The van der Waals surface area contributed by atoms with Crippen LogP contribution in [0.25, 0.3) is 0 Å². The first-order valence-corrected chi connectivity index (χ1v) is 10.1. The van der Waals surface area contributed by atoms with Crippen molar-refractivity contribution in [1.29, 1.82) is 0 Å². The summed E-state index contributed by atoms with van der Waals surface area (Å²) in [4.78, 5) is 42.1. The van der Waals surface area contributed by atoms with Gasteiger partial charge in [-0.15, -0.1) is 0 Å². The number of esters is 1. The fourth-order valence-electron chi connectivity index (χ4n) is 3.74. The summed E-state index contributed by atoms with van der Waals surface area (Å²) in [5.74, 6) is -0.372. The van der Waals surface area contributed by atoms with Crippen molar-refractivity contribution < 1.29 is 23.9 Å². The molecule has 2 fully saturated rings. The number of hydrogen-bond acceptors (Lipinski definition) is 6. The predicted octanol–water partition coefficient (Wildman–Crippen LogP) is 1.48. The van der Waals surface area contributed by atoms with Gasteiger partial charge in [-0.05, 0) is 26.7 Å². The van der Waals surface area contributed by atoms with Gasteiger partial charge >= 0.3 is 12.1 Å². The van der Waals surface area contributed by atoms with E-state index in [1.807, 2.05) is 4.90 Å². The quantitative estimate of drug-likeness (QED) is 0.620. The van der Waals surface area contributed by atoms with Crippen molar-refractivity contribution in [2.45, 2.75) is 52.0 Å². The smallest absolute Gasteiger partial charge is 0.409 e. The van der Waals surface area contributed by atoms with Crippen molar-refractivity contribution in [3.63, 3.8) is 0 Å². The lowest BCUT2D eigenvalue weighted by molar-refractivity contribution is -0.151. The van der Waals surface area contributed by atoms with Gasteiger partial charge in [0.05, 0.1) is 19.8 Å². The molecule has 1 heterocycles. The predicted molar refractivity (Wildman–Crippen MR) is 100 cm³/mol. The monoisotopic (exact) mass is 383 g/mol. The standard InChI is InChI=1S/C19H33N3O5/c1-3-26-18(24)15-22(16-8-6-5-7-9-16)17(23)14-20-10-12-21(13-11-20)19(25)27-4-2/h16H,3-15H2,1-2H3.